The molecule has 0 radical (unpaired) electrons. The van der Waals surface area contributed by atoms with Gasteiger partial charge in [0.15, 0.2) is 5.96 Å². The van der Waals surface area contributed by atoms with Crippen LogP contribution in [0.4, 0.5) is 0 Å². The van der Waals surface area contributed by atoms with Gasteiger partial charge in [0.25, 0.3) is 0 Å². The van der Waals surface area contributed by atoms with Crippen LogP contribution in [0.15, 0.2) is 4.99 Å². The number of aliphatic imine (C=N–C) groups is 1. The summed E-state index contributed by atoms with van der Waals surface area (Å²) in [6.45, 7) is 12.8. The number of carbonyl (C=O) groups excluding carboxylic acids is 2. The molecule has 7 nitrogen and oxygen atoms in total. The number of likely N-dealkylation sites (tertiary alicyclic amines) is 1. The van der Waals surface area contributed by atoms with E-state index in [2.05, 4.69) is 20.9 Å². The van der Waals surface area contributed by atoms with E-state index in [-0.39, 0.29) is 17.9 Å². The predicted molar refractivity (Wildman–Crippen MR) is 96.9 cm³/mol. The van der Waals surface area contributed by atoms with Crippen LogP contribution in [0.1, 0.15) is 47.5 Å². The Kier molecular flexibility index (Phi) is 8.01. The van der Waals surface area contributed by atoms with Crippen LogP contribution in [0.3, 0.4) is 0 Å². The molecule has 3 N–H and O–H groups in total. The van der Waals surface area contributed by atoms with Crippen LogP contribution >= 0.6 is 0 Å². The average Bonchev–Trinajstić information content (AvgIpc) is 3.01. The molecule has 7 heteroatoms. The van der Waals surface area contributed by atoms with E-state index >= 15 is 0 Å². The molecule has 0 bridgehead atoms. The molecule has 0 aromatic rings. The topological polar surface area (TPSA) is 85.8 Å². The molecule has 0 aliphatic carbocycles. The van der Waals surface area contributed by atoms with Crippen molar-refractivity contribution in [1.29, 1.82) is 0 Å². The third-order valence-electron chi connectivity index (χ3n) is 4.11. The first kappa shape index (κ1) is 20.3. The third-order valence-corrected chi connectivity index (χ3v) is 4.11. The molecule has 1 fully saturated rings. The van der Waals surface area contributed by atoms with Crippen molar-refractivity contribution in [2.24, 2.45) is 10.4 Å². The largest absolute Gasteiger partial charge is 0.357 e. The van der Waals surface area contributed by atoms with Gasteiger partial charge in [-0.05, 0) is 34.1 Å². The fourth-order valence-electron chi connectivity index (χ4n) is 2.59. The van der Waals surface area contributed by atoms with Crippen molar-refractivity contribution in [3.63, 3.8) is 0 Å². The lowest BCUT2D eigenvalue weighted by atomic mass is 9.92. The fraction of sp³-hybridized carbons (Fsp3) is 0.824. The highest BCUT2D eigenvalue weighted by Gasteiger charge is 2.28. The van der Waals surface area contributed by atoms with Gasteiger partial charge >= 0.3 is 0 Å². The van der Waals surface area contributed by atoms with E-state index in [9.17, 15) is 9.59 Å². The average molecular weight is 339 g/mol. The SMILES string of the molecule is CCNC(=O)C(C)(C)CN=C(NCC)NC1CCN(C(=O)CC)C1. The van der Waals surface area contributed by atoms with Crippen LogP contribution in [0, 0.1) is 5.41 Å². The Balaban J connectivity index is 2.63. The van der Waals surface area contributed by atoms with Crippen molar-refractivity contribution < 1.29 is 9.59 Å². The molecule has 1 rings (SSSR count). The van der Waals surface area contributed by atoms with E-state index in [1.807, 2.05) is 39.5 Å². The number of guanidine groups is 1. The number of nitrogens with zero attached hydrogens (tertiary/aromatic N) is 2. The summed E-state index contributed by atoms with van der Waals surface area (Å²) >= 11 is 0. The molecular formula is C17H33N5O2. The minimum absolute atomic E-state index is 0.00480. The van der Waals surface area contributed by atoms with E-state index in [4.69, 9.17) is 0 Å². The van der Waals surface area contributed by atoms with Gasteiger partial charge in [-0.1, -0.05) is 6.92 Å². The first-order chi connectivity index (χ1) is 11.3. The van der Waals surface area contributed by atoms with E-state index in [0.29, 0.717) is 32.0 Å². The van der Waals surface area contributed by atoms with E-state index in [0.717, 1.165) is 19.5 Å². The van der Waals surface area contributed by atoms with Gasteiger partial charge in [0, 0.05) is 38.6 Å². The zero-order valence-corrected chi connectivity index (χ0v) is 15.7. The summed E-state index contributed by atoms with van der Waals surface area (Å²) in [7, 11) is 0. The van der Waals surface area contributed by atoms with E-state index in [1.54, 1.807) is 0 Å². The van der Waals surface area contributed by atoms with Gasteiger partial charge in [-0.3, -0.25) is 14.6 Å². The van der Waals surface area contributed by atoms with Crippen molar-refractivity contribution in [2.45, 2.75) is 53.5 Å². The monoisotopic (exact) mass is 339 g/mol. The summed E-state index contributed by atoms with van der Waals surface area (Å²) in [6.07, 6.45) is 1.46. The van der Waals surface area contributed by atoms with Crippen LogP contribution in [-0.4, -0.2) is 61.4 Å². The molecule has 1 atom stereocenters. The molecule has 1 aliphatic rings. The van der Waals surface area contributed by atoms with Gasteiger partial charge < -0.3 is 20.9 Å². The van der Waals surface area contributed by atoms with Gasteiger partial charge in [0.05, 0.1) is 12.0 Å². The number of hydrogen-bond acceptors (Lipinski definition) is 3. The van der Waals surface area contributed by atoms with Crippen LogP contribution in [0.5, 0.6) is 0 Å². The van der Waals surface area contributed by atoms with E-state index in [1.165, 1.54) is 0 Å². The summed E-state index contributed by atoms with van der Waals surface area (Å²) in [4.78, 5) is 30.3. The summed E-state index contributed by atoms with van der Waals surface area (Å²) in [6, 6.07) is 0.200. The zero-order valence-electron chi connectivity index (χ0n) is 15.7. The first-order valence-corrected chi connectivity index (χ1v) is 8.94. The van der Waals surface area contributed by atoms with Crippen LogP contribution in [-0.2, 0) is 9.59 Å². The molecule has 2 amide bonds. The van der Waals surface area contributed by atoms with Crippen molar-refractivity contribution in [3.05, 3.63) is 0 Å². The first-order valence-electron chi connectivity index (χ1n) is 8.94. The van der Waals surface area contributed by atoms with Crippen molar-refractivity contribution in [1.82, 2.24) is 20.9 Å². The third kappa shape index (κ3) is 6.02. The molecule has 138 valence electrons. The van der Waals surface area contributed by atoms with Crippen molar-refractivity contribution in [2.75, 3.05) is 32.7 Å². The predicted octanol–water partition coefficient (Wildman–Crippen LogP) is 0.715. The Morgan fingerprint density at radius 1 is 1.17 bits per heavy atom. The van der Waals surface area contributed by atoms with Gasteiger partial charge in [0.1, 0.15) is 0 Å². The van der Waals surface area contributed by atoms with Crippen molar-refractivity contribution >= 4 is 17.8 Å². The minimum atomic E-state index is -0.557. The quantitative estimate of drug-likeness (QED) is 0.471. The van der Waals surface area contributed by atoms with Crippen LogP contribution < -0.4 is 16.0 Å². The highest BCUT2D eigenvalue weighted by Crippen LogP contribution is 2.16. The second kappa shape index (κ2) is 9.49. The molecule has 1 saturated heterocycles. The number of nitrogens with one attached hydrogen (secondary N) is 3. The zero-order chi connectivity index (χ0) is 18.2. The standard InChI is InChI=1S/C17H33N5O2/c1-6-14(23)22-10-9-13(11-22)21-16(19-8-3)20-12-17(4,5)15(24)18-7-2/h13H,6-12H2,1-5H3,(H,18,24)(H2,19,20,21). The fourth-order valence-corrected chi connectivity index (χ4v) is 2.59. The summed E-state index contributed by atoms with van der Waals surface area (Å²) in [5, 5.41) is 9.44. The van der Waals surface area contributed by atoms with Gasteiger partial charge in [-0.15, -0.1) is 0 Å². The minimum Gasteiger partial charge on any atom is -0.357 e. The van der Waals surface area contributed by atoms with Crippen LogP contribution in [0.25, 0.3) is 0 Å². The molecular weight excluding hydrogens is 306 g/mol. The maximum atomic E-state index is 12.1. The van der Waals surface area contributed by atoms with Gasteiger partial charge in [-0.25, -0.2) is 0 Å². The lowest BCUT2D eigenvalue weighted by Crippen LogP contribution is -2.46. The highest BCUT2D eigenvalue weighted by atomic mass is 16.2. The number of rotatable bonds is 7. The summed E-state index contributed by atoms with van der Waals surface area (Å²) in [5.41, 5.74) is -0.557. The normalized spacial score (nSPS) is 18.5. The van der Waals surface area contributed by atoms with Gasteiger partial charge in [-0.2, -0.15) is 0 Å². The second-order valence-electron chi connectivity index (χ2n) is 6.76. The smallest absolute Gasteiger partial charge is 0.227 e. The summed E-state index contributed by atoms with van der Waals surface area (Å²) < 4.78 is 0. The Morgan fingerprint density at radius 2 is 1.83 bits per heavy atom. The maximum absolute atomic E-state index is 12.1. The molecule has 0 aromatic carbocycles. The Labute approximate surface area is 145 Å². The molecule has 24 heavy (non-hydrogen) atoms. The van der Waals surface area contributed by atoms with Crippen LogP contribution in [0.2, 0.25) is 0 Å². The second-order valence-corrected chi connectivity index (χ2v) is 6.76. The maximum Gasteiger partial charge on any atom is 0.227 e. The Hall–Kier alpha value is -1.79. The molecule has 0 saturated carbocycles. The highest BCUT2D eigenvalue weighted by molar-refractivity contribution is 5.84. The number of carbonyl (C=O) groups is 2. The molecule has 1 unspecified atom stereocenters. The van der Waals surface area contributed by atoms with Crippen molar-refractivity contribution in [3.8, 4) is 0 Å². The Morgan fingerprint density at radius 3 is 2.42 bits per heavy atom. The lowest BCUT2D eigenvalue weighted by molar-refractivity contribution is -0.130. The number of amides is 2. The van der Waals surface area contributed by atoms with E-state index < -0.39 is 5.41 Å². The lowest BCUT2D eigenvalue weighted by Gasteiger charge is -2.23. The molecule has 0 aromatic heterocycles. The number of hydrogen-bond donors (Lipinski definition) is 3. The molecule has 0 spiro atoms. The van der Waals surface area contributed by atoms with Gasteiger partial charge in [0.2, 0.25) is 11.8 Å². The summed E-state index contributed by atoms with van der Waals surface area (Å²) in [5.74, 6) is 0.898. The molecule has 1 heterocycles. The Bertz CT molecular complexity index is 462. The molecule has 1 aliphatic heterocycles.